The fourth-order valence-corrected chi connectivity index (χ4v) is 2.89. The number of rotatable bonds is 4. The highest BCUT2D eigenvalue weighted by molar-refractivity contribution is 5.28. The van der Waals surface area contributed by atoms with E-state index in [1.165, 1.54) is 23.8 Å². The van der Waals surface area contributed by atoms with Crippen molar-refractivity contribution in [1.29, 1.82) is 0 Å². The highest BCUT2D eigenvalue weighted by Crippen LogP contribution is 2.49. The minimum Gasteiger partial charge on any atom is -0.327 e. The van der Waals surface area contributed by atoms with Crippen LogP contribution in [0.2, 0.25) is 0 Å². The standard InChI is InChI=1S/C17H17F2N/c18-15-7-4-8-16(19)14(15)10-17(20)13-9-12(13)11-5-2-1-3-6-11/h1-8,12-13,17H,9-10,20H2. The molecule has 1 saturated carbocycles. The van der Waals surface area contributed by atoms with E-state index >= 15 is 0 Å². The Morgan fingerprint density at radius 2 is 1.65 bits per heavy atom. The van der Waals surface area contributed by atoms with Crippen molar-refractivity contribution in [2.45, 2.75) is 24.8 Å². The zero-order valence-corrected chi connectivity index (χ0v) is 11.1. The Bertz CT molecular complexity index is 577. The number of hydrogen-bond donors (Lipinski definition) is 1. The van der Waals surface area contributed by atoms with Crippen LogP contribution in [0.4, 0.5) is 8.78 Å². The van der Waals surface area contributed by atoms with E-state index in [9.17, 15) is 8.78 Å². The van der Waals surface area contributed by atoms with Crippen LogP contribution in [0.15, 0.2) is 48.5 Å². The normalized spacial score (nSPS) is 22.6. The largest absolute Gasteiger partial charge is 0.327 e. The van der Waals surface area contributed by atoms with E-state index in [1.54, 1.807) is 0 Å². The highest BCUT2D eigenvalue weighted by atomic mass is 19.1. The van der Waals surface area contributed by atoms with Gasteiger partial charge in [0.25, 0.3) is 0 Å². The van der Waals surface area contributed by atoms with Crippen LogP contribution in [-0.2, 0) is 6.42 Å². The molecule has 0 bridgehead atoms. The summed E-state index contributed by atoms with van der Waals surface area (Å²) in [5.41, 5.74) is 7.52. The number of nitrogens with two attached hydrogens (primary N) is 1. The average Bonchev–Trinajstić information content (AvgIpc) is 3.24. The van der Waals surface area contributed by atoms with Crippen LogP contribution in [-0.4, -0.2) is 6.04 Å². The molecule has 0 saturated heterocycles. The van der Waals surface area contributed by atoms with Crippen molar-refractivity contribution in [2.75, 3.05) is 0 Å². The summed E-state index contributed by atoms with van der Waals surface area (Å²) in [7, 11) is 0. The number of halogens is 2. The van der Waals surface area contributed by atoms with Gasteiger partial charge in [0, 0.05) is 11.6 Å². The summed E-state index contributed by atoms with van der Waals surface area (Å²) < 4.78 is 27.2. The van der Waals surface area contributed by atoms with Gasteiger partial charge in [-0.25, -0.2) is 8.78 Å². The second-order valence-electron chi connectivity index (χ2n) is 5.48. The topological polar surface area (TPSA) is 26.0 Å². The molecule has 2 N–H and O–H groups in total. The smallest absolute Gasteiger partial charge is 0.129 e. The molecule has 20 heavy (non-hydrogen) atoms. The van der Waals surface area contributed by atoms with Crippen molar-refractivity contribution in [3.63, 3.8) is 0 Å². The lowest BCUT2D eigenvalue weighted by Crippen LogP contribution is -2.27. The van der Waals surface area contributed by atoms with Crippen molar-refractivity contribution in [3.05, 3.63) is 71.3 Å². The first-order valence-corrected chi connectivity index (χ1v) is 6.90. The van der Waals surface area contributed by atoms with Crippen molar-refractivity contribution in [1.82, 2.24) is 0 Å². The first-order chi connectivity index (χ1) is 9.66. The summed E-state index contributed by atoms with van der Waals surface area (Å²) in [6.07, 6.45) is 1.26. The predicted octanol–water partition coefficient (Wildman–Crippen LogP) is 3.64. The van der Waals surface area contributed by atoms with Gasteiger partial charge in [0.1, 0.15) is 11.6 Å². The molecule has 1 aliphatic rings. The van der Waals surface area contributed by atoms with Crippen LogP contribution >= 0.6 is 0 Å². The summed E-state index contributed by atoms with van der Waals surface area (Å²) >= 11 is 0. The van der Waals surface area contributed by atoms with Crippen LogP contribution in [0.5, 0.6) is 0 Å². The summed E-state index contributed by atoms with van der Waals surface area (Å²) in [5, 5.41) is 0. The van der Waals surface area contributed by atoms with Gasteiger partial charge in [0.05, 0.1) is 0 Å². The molecule has 0 aliphatic heterocycles. The lowest BCUT2D eigenvalue weighted by Gasteiger charge is -2.13. The first kappa shape index (κ1) is 13.3. The van der Waals surface area contributed by atoms with Gasteiger partial charge in [-0.2, -0.15) is 0 Å². The molecular weight excluding hydrogens is 256 g/mol. The Labute approximate surface area is 117 Å². The first-order valence-electron chi connectivity index (χ1n) is 6.90. The molecule has 3 atom stereocenters. The highest BCUT2D eigenvalue weighted by Gasteiger charge is 2.42. The molecular formula is C17H17F2N. The van der Waals surface area contributed by atoms with Gasteiger partial charge in [0.15, 0.2) is 0 Å². The average molecular weight is 273 g/mol. The molecule has 1 fully saturated rings. The fraction of sp³-hybridized carbons (Fsp3) is 0.294. The minimum atomic E-state index is -0.502. The third-order valence-corrected chi connectivity index (χ3v) is 4.12. The minimum absolute atomic E-state index is 0.110. The van der Waals surface area contributed by atoms with Gasteiger partial charge in [-0.15, -0.1) is 0 Å². The van der Waals surface area contributed by atoms with E-state index in [4.69, 9.17) is 5.73 Å². The van der Waals surface area contributed by atoms with Gasteiger partial charge >= 0.3 is 0 Å². The molecule has 3 unspecified atom stereocenters. The zero-order chi connectivity index (χ0) is 14.1. The Morgan fingerprint density at radius 1 is 1.00 bits per heavy atom. The van der Waals surface area contributed by atoms with Gasteiger partial charge in [-0.3, -0.25) is 0 Å². The van der Waals surface area contributed by atoms with E-state index < -0.39 is 11.6 Å². The van der Waals surface area contributed by atoms with Crippen molar-refractivity contribution < 1.29 is 8.78 Å². The third kappa shape index (κ3) is 2.59. The van der Waals surface area contributed by atoms with Gasteiger partial charge in [-0.1, -0.05) is 36.4 Å². The molecule has 0 radical (unpaired) electrons. The van der Waals surface area contributed by atoms with E-state index in [0.717, 1.165) is 6.42 Å². The van der Waals surface area contributed by atoms with Crippen LogP contribution in [0.25, 0.3) is 0 Å². The molecule has 1 aliphatic carbocycles. The number of hydrogen-bond acceptors (Lipinski definition) is 1. The van der Waals surface area contributed by atoms with Crippen molar-refractivity contribution in [3.8, 4) is 0 Å². The lowest BCUT2D eigenvalue weighted by atomic mass is 9.99. The molecule has 2 aromatic carbocycles. The van der Waals surface area contributed by atoms with Crippen LogP contribution in [0, 0.1) is 17.6 Å². The van der Waals surface area contributed by atoms with Crippen LogP contribution < -0.4 is 5.73 Å². The molecule has 0 aromatic heterocycles. The summed E-state index contributed by atoms with van der Waals surface area (Å²) in [6.45, 7) is 0. The lowest BCUT2D eigenvalue weighted by molar-refractivity contribution is 0.511. The third-order valence-electron chi connectivity index (χ3n) is 4.12. The summed E-state index contributed by atoms with van der Waals surface area (Å²) in [6, 6.07) is 13.9. The SMILES string of the molecule is NC(Cc1c(F)cccc1F)C1CC1c1ccccc1. The van der Waals surface area contributed by atoms with Crippen LogP contribution in [0.3, 0.4) is 0 Å². The molecule has 2 aromatic rings. The van der Waals surface area contributed by atoms with E-state index in [1.807, 2.05) is 18.2 Å². The summed E-state index contributed by atoms with van der Waals surface area (Å²) in [5.74, 6) is -0.257. The van der Waals surface area contributed by atoms with Crippen molar-refractivity contribution >= 4 is 0 Å². The van der Waals surface area contributed by atoms with Gasteiger partial charge in [-0.05, 0) is 42.4 Å². The molecule has 0 amide bonds. The van der Waals surface area contributed by atoms with Gasteiger partial charge in [0.2, 0.25) is 0 Å². The van der Waals surface area contributed by atoms with E-state index in [2.05, 4.69) is 12.1 Å². The summed E-state index contributed by atoms with van der Waals surface area (Å²) in [4.78, 5) is 0. The molecule has 104 valence electrons. The van der Waals surface area contributed by atoms with E-state index in [0.29, 0.717) is 11.8 Å². The zero-order valence-electron chi connectivity index (χ0n) is 11.1. The second kappa shape index (κ2) is 5.33. The van der Waals surface area contributed by atoms with Gasteiger partial charge < -0.3 is 5.73 Å². The molecule has 0 heterocycles. The second-order valence-corrected chi connectivity index (χ2v) is 5.48. The predicted molar refractivity (Wildman–Crippen MR) is 75.3 cm³/mol. The molecule has 0 spiro atoms. The maximum Gasteiger partial charge on any atom is 0.129 e. The molecule has 3 heteroatoms. The van der Waals surface area contributed by atoms with Crippen molar-refractivity contribution in [2.24, 2.45) is 11.7 Å². The Balaban J connectivity index is 1.68. The maximum atomic E-state index is 13.6. The fourth-order valence-electron chi connectivity index (χ4n) is 2.89. The molecule has 1 nitrogen and oxygen atoms in total. The Kier molecular flexibility index (Phi) is 3.53. The van der Waals surface area contributed by atoms with Crippen LogP contribution in [0.1, 0.15) is 23.5 Å². The monoisotopic (exact) mass is 273 g/mol. The van der Waals surface area contributed by atoms with E-state index in [-0.39, 0.29) is 18.0 Å². The Morgan fingerprint density at radius 3 is 2.30 bits per heavy atom. The Hall–Kier alpha value is -1.74. The maximum absolute atomic E-state index is 13.6. The molecule has 3 rings (SSSR count). The quantitative estimate of drug-likeness (QED) is 0.904. The number of benzene rings is 2.